The average Bonchev–Trinajstić information content (AvgIpc) is 3.11. The second-order valence-electron chi connectivity index (χ2n) is 7.33. The summed E-state index contributed by atoms with van der Waals surface area (Å²) in [6, 6.07) is 20.3. The number of thioether (sulfide) groups is 1. The number of carbonyl (C=O) groups excluding carboxylic acids is 2. The van der Waals surface area contributed by atoms with Crippen molar-refractivity contribution in [3.63, 3.8) is 0 Å². The number of hydrogen-bond donors (Lipinski definition) is 0. The second-order valence-corrected chi connectivity index (χ2v) is 8.32. The molecule has 1 aliphatic rings. The van der Waals surface area contributed by atoms with Crippen molar-refractivity contribution in [2.45, 2.75) is 13.2 Å². The minimum atomic E-state index is -0.429. The van der Waals surface area contributed by atoms with Crippen LogP contribution in [0.15, 0.2) is 71.6 Å². The lowest BCUT2D eigenvalue weighted by molar-refractivity contribution is -0.123. The minimum Gasteiger partial charge on any atom is -0.493 e. The van der Waals surface area contributed by atoms with Crippen LogP contribution in [0.3, 0.4) is 0 Å². The van der Waals surface area contributed by atoms with Gasteiger partial charge >= 0.3 is 0 Å². The van der Waals surface area contributed by atoms with E-state index in [2.05, 4.69) is 6.07 Å². The number of carbonyl (C=O) groups is 2. The largest absolute Gasteiger partial charge is 0.493 e. The lowest BCUT2D eigenvalue weighted by atomic mass is 10.1. The molecule has 2 amide bonds. The summed E-state index contributed by atoms with van der Waals surface area (Å²) in [4.78, 5) is 26.7. The normalized spacial score (nSPS) is 14.4. The Balaban J connectivity index is 1.51. The molecule has 0 N–H and O–H groups in total. The van der Waals surface area contributed by atoms with Gasteiger partial charge in [-0.3, -0.25) is 14.5 Å². The Kier molecular flexibility index (Phi) is 6.95. The molecule has 0 unspecified atom stereocenters. The van der Waals surface area contributed by atoms with Crippen LogP contribution in [0, 0.1) is 17.1 Å². The highest BCUT2D eigenvalue weighted by Gasteiger charge is 2.35. The smallest absolute Gasteiger partial charge is 0.293 e. The van der Waals surface area contributed by atoms with Crippen molar-refractivity contribution < 1.29 is 23.5 Å². The lowest BCUT2D eigenvalue weighted by Crippen LogP contribution is -2.27. The van der Waals surface area contributed by atoms with Crippen LogP contribution in [0.2, 0.25) is 0 Å². The molecule has 3 aromatic rings. The zero-order valence-electron chi connectivity index (χ0n) is 18.2. The van der Waals surface area contributed by atoms with Gasteiger partial charge in [0.2, 0.25) is 0 Å². The van der Waals surface area contributed by atoms with Crippen LogP contribution in [-0.4, -0.2) is 23.2 Å². The van der Waals surface area contributed by atoms with Crippen LogP contribution >= 0.6 is 11.8 Å². The van der Waals surface area contributed by atoms with Crippen molar-refractivity contribution in [3.8, 4) is 17.6 Å². The summed E-state index contributed by atoms with van der Waals surface area (Å²) in [7, 11) is 1.48. The molecule has 0 saturated carbocycles. The molecule has 34 heavy (non-hydrogen) atoms. The van der Waals surface area contributed by atoms with E-state index in [0.29, 0.717) is 33.8 Å². The number of ether oxygens (including phenoxy) is 2. The van der Waals surface area contributed by atoms with Gasteiger partial charge in [-0.1, -0.05) is 42.5 Å². The Morgan fingerprint density at radius 1 is 1.03 bits per heavy atom. The number of rotatable bonds is 7. The van der Waals surface area contributed by atoms with Crippen molar-refractivity contribution in [1.29, 1.82) is 5.26 Å². The highest BCUT2D eigenvalue weighted by molar-refractivity contribution is 8.18. The van der Waals surface area contributed by atoms with Gasteiger partial charge in [0.15, 0.2) is 11.5 Å². The highest BCUT2D eigenvalue weighted by Crippen LogP contribution is 2.35. The van der Waals surface area contributed by atoms with E-state index in [-0.39, 0.29) is 23.9 Å². The zero-order chi connectivity index (χ0) is 24.1. The maximum absolute atomic E-state index is 13.8. The fourth-order valence-electron chi connectivity index (χ4n) is 3.39. The molecule has 0 aliphatic carbocycles. The van der Waals surface area contributed by atoms with Gasteiger partial charge in [-0.2, -0.15) is 5.26 Å². The third-order valence-electron chi connectivity index (χ3n) is 5.17. The number of benzene rings is 3. The summed E-state index contributed by atoms with van der Waals surface area (Å²) < 4.78 is 25.0. The third kappa shape index (κ3) is 4.95. The molecule has 0 bridgehead atoms. The van der Waals surface area contributed by atoms with Gasteiger partial charge in [0.1, 0.15) is 12.4 Å². The Morgan fingerprint density at radius 2 is 1.76 bits per heavy atom. The monoisotopic (exact) mass is 474 g/mol. The molecular formula is C26H19FN2O4S. The Hall–Kier alpha value is -4.09. The van der Waals surface area contributed by atoms with Crippen molar-refractivity contribution in [2.75, 3.05) is 7.11 Å². The van der Waals surface area contributed by atoms with Crippen molar-refractivity contribution in [2.24, 2.45) is 0 Å². The van der Waals surface area contributed by atoms with Crippen LogP contribution in [0.25, 0.3) is 6.08 Å². The molecule has 170 valence electrons. The molecule has 1 aliphatic heterocycles. The number of nitriles is 1. The van der Waals surface area contributed by atoms with Gasteiger partial charge in [-0.05, 0) is 53.2 Å². The molecule has 4 rings (SSSR count). The zero-order valence-corrected chi connectivity index (χ0v) is 19.0. The minimum absolute atomic E-state index is 0.0257. The molecule has 0 radical (unpaired) electrons. The van der Waals surface area contributed by atoms with Gasteiger partial charge in [-0.25, -0.2) is 4.39 Å². The summed E-state index contributed by atoms with van der Waals surface area (Å²) in [5.74, 6) is 0.0455. The molecule has 1 fully saturated rings. The number of amides is 2. The second kappa shape index (κ2) is 10.2. The number of halogens is 1. The van der Waals surface area contributed by atoms with E-state index in [1.54, 1.807) is 66.7 Å². The summed E-state index contributed by atoms with van der Waals surface area (Å²) in [5, 5.41) is 8.86. The highest BCUT2D eigenvalue weighted by atomic mass is 32.2. The molecule has 0 atom stereocenters. The molecule has 3 aromatic carbocycles. The molecule has 0 aromatic heterocycles. The van der Waals surface area contributed by atoms with Gasteiger partial charge in [-0.15, -0.1) is 0 Å². The number of hydrogen-bond acceptors (Lipinski definition) is 6. The van der Waals surface area contributed by atoms with Crippen molar-refractivity contribution in [1.82, 2.24) is 4.90 Å². The first-order valence-corrected chi connectivity index (χ1v) is 11.1. The van der Waals surface area contributed by atoms with E-state index < -0.39 is 11.1 Å². The first kappa shape index (κ1) is 23.1. The predicted octanol–water partition coefficient (Wildman–Crippen LogP) is 5.52. The van der Waals surface area contributed by atoms with E-state index in [1.165, 1.54) is 13.2 Å². The molecule has 1 heterocycles. The standard InChI is InChI=1S/C26H19FN2O4S/c1-32-23-12-17(10-11-22(23)33-16-20-8-4-5-9-21(20)27)13-24-25(30)29(26(31)34-24)15-19-7-3-2-6-18(19)14-28/h2-13H,15-16H2,1H3/b24-13+. The van der Waals surface area contributed by atoms with Gasteiger partial charge < -0.3 is 9.47 Å². The van der Waals surface area contributed by atoms with E-state index in [0.717, 1.165) is 16.7 Å². The Bertz CT molecular complexity index is 1330. The quantitative estimate of drug-likeness (QED) is 0.420. The number of imide groups is 1. The number of nitrogens with zero attached hydrogens (tertiary/aromatic N) is 2. The molecule has 6 nitrogen and oxygen atoms in total. The molecule has 0 spiro atoms. The molecule has 8 heteroatoms. The van der Waals surface area contributed by atoms with Crippen LogP contribution in [0.5, 0.6) is 11.5 Å². The summed E-state index contributed by atoms with van der Waals surface area (Å²) in [6.45, 7) is 0.0589. The Morgan fingerprint density at radius 3 is 2.50 bits per heavy atom. The topological polar surface area (TPSA) is 79.6 Å². The van der Waals surface area contributed by atoms with E-state index in [1.807, 2.05) is 0 Å². The van der Waals surface area contributed by atoms with E-state index in [4.69, 9.17) is 9.47 Å². The first-order chi connectivity index (χ1) is 16.5. The van der Waals surface area contributed by atoms with Gasteiger partial charge in [0.25, 0.3) is 11.1 Å². The van der Waals surface area contributed by atoms with E-state index in [9.17, 15) is 19.2 Å². The van der Waals surface area contributed by atoms with Gasteiger partial charge in [0, 0.05) is 5.56 Å². The van der Waals surface area contributed by atoms with Crippen LogP contribution < -0.4 is 9.47 Å². The van der Waals surface area contributed by atoms with Crippen molar-refractivity contribution in [3.05, 3.63) is 99.7 Å². The van der Waals surface area contributed by atoms with Crippen LogP contribution in [0.1, 0.15) is 22.3 Å². The fourth-order valence-corrected chi connectivity index (χ4v) is 4.23. The number of methoxy groups -OCH3 is 1. The maximum Gasteiger partial charge on any atom is 0.293 e. The molecular weight excluding hydrogens is 455 g/mol. The SMILES string of the molecule is COc1cc(/C=C2/SC(=O)N(Cc3ccccc3C#N)C2=O)ccc1OCc1ccccc1F. The Labute approximate surface area is 200 Å². The summed E-state index contributed by atoms with van der Waals surface area (Å²) in [6.07, 6.45) is 1.60. The molecule has 1 saturated heterocycles. The summed E-state index contributed by atoms with van der Waals surface area (Å²) >= 11 is 0.838. The lowest BCUT2D eigenvalue weighted by Gasteiger charge is -2.13. The first-order valence-electron chi connectivity index (χ1n) is 10.3. The predicted molar refractivity (Wildman–Crippen MR) is 126 cm³/mol. The average molecular weight is 475 g/mol. The van der Waals surface area contributed by atoms with Crippen molar-refractivity contribution >= 4 is 29.0 Å². The van der Waals surface area contributed by atoms with Gasteiger partial charge in [0.05, 0.1) is 30.2 Å². The fraction of sp³-hybridized carbons (Fsp3) is 0.115. The van der Waals surface area contributed by atoms with Crippen LogP contribution in [-0.2, 0) is 17.9 Å². The summed E-state index contributed by atoms with van der Waals surface area (Å²) in [5.41, 5.74) is 2.08. The van der Waals surface area contributed by atoms with Crippen LogP contribution in [0.4, 0.5) is 9.18 Å². The van der Waals surface area contributed by atoms with E-state index >= 15 is 0 Å². The third-order valence-corrected chi connectivity index (χ3v) is 6.07. The maximum atomic E-state index is 13.8.